The van der Waals surface area contributed by atoms with Crippen LogP contribution in [0, 0.1) is 0 Å². The van der Waals surface area contributed by atoms with Crippen molar-refractivity contribution in [1.82, 2.24) is 0 Å². The van der Waals surface area contributed by atoms with Gasteiger partial charge in [-0.3, -0.25) is 0 Å². The van der Waals surface area contributed by atoms with Gasteiger partial charge in [0.05, 0.1) is 5.71 Å². The molecule has 0 saturated carbocycles. The summed E-state index contributed by atoms with van der Waals surface area (Å²) in [5, 5.41) is 11.5. The fourth-order valence-electron chi connectivity index (χ4n) is 1.12. The van der Waals surface area contributed by atoms with Gasteiger partial charge < -0.3 is 5.21 Å². The molecule has 1 aromatic carbocycles. The molecule has 0 aliphatic heterocycles. The summed E-state index contributed by atoms with van der Waals surface area (Å²) in [5.74, 6) is 0. The van der Waals surface area contributed by atoms with Crippen molar-refractivity contribution < 1.29 is 5.21 Å². The molecule has 0 aromatic heterocycles. The van der Waals surface area contributed by atoms with Gasteiger partial charge in [-0.05, 0) is 24.1 Å². The summed E-state index contributed by atoms with van der Waals surface area (Å²) in [6.07, 6.45) is 0.640. The van der Waals surface area contributed by atoms with E-state index < -0.39 is 0 Å². The molecule has 1 N–H and O–H groups in total. The zero-order valence-corrected chi connectivity index (χ0v) is 10.1. The second kappa shape index (κ2) is 5.37. The van der Waals surface area contributed by atoms with E-state index in [4.69, 9.17) is 16.8 Å². The highest BCUT2D eigenvalue weighted by Gasteiger charge is 2.13. The van der Waals surface area contributed by atoms with Crippen molar-refractivity contribution in [3.63, 3.8) is 0 Å². The van der Waals surface area contributed by atoms with Gasteiger partial charge in [0.2, 0.25) is 0 Å². The molecule has 0 heterocycles. The highest BCUT2D eigenvalue weighted by atomic mass is 79.9. The third-order valence-corrected chi connectivity index (χ3v) is 2.98. The topological polar surface area (TPSA) is 32.6 Å². The first-order valence-electron chi connectivity index (χ1n) is 4.29. The van der Waals surface area contributed by atoms with Gasteiger partial charge in [-0.1, -0.05) is 40.1 Å². The van der Waals surface area contributed by atoms with Gasteiger partial charge in [-0.2, -0.15) is 0 Å². The van der Waals surface area contributed by atoms with Gasteiger partial charge in [0.1, 0.15) is 5.38 Å². The van der Waals surface area contributed by atoms with Gasteiger partial charge in [0, 0.05) is 4.47 Å². The molecule has 0 fully saturated rings. The van der Waals surface area contributed by atoms with E-state index in [1.807, 2.05) is 31.2 Å². The van der Waals surface area contributed by atoms with Crippen molar-refractivity contribution in [3.05, 3.63) is 34.3 Å². The summed E-state index contributed by atoms with van der Waals surface area (Å²) in [7, 11) is 0. The molecule has 14 heavy (non-hydrogen) atoms. The van der Waals surface area contributed by atoms with Crippen molar-refractivity contribution in [2.24, 2.45) is 5.16 Å². The van der Waals surface area contributed by atoms with Crippen LogP contribution >= 0.6 is 27.5 Å². The number of hydrogen-bond acceptors (Lipinski definition) is 2. The van der Waals surface area contributed by atoms with E-state index in [-0.39, 0.29) is 5.38 Å². The smallest absolute Gasteiger partial charge is 0.100 e. The highest BCUT2D eigenvalue weighted by Crippen LogP contribution is 2.24. The third kappa shape index (κ3) is 2.72. The first kappa shape index (κ1) is 11.5. The monoisotopic (exact) mass is 275 g/mol. The SMILES string of the molecule is CCC(=NO)C(Cl)c1ccc(Br)cc1. The van der Waals surface area contributed by atoms with Crippen molar-refractivity contribution in [3.8, 4) is 0 Å². The van der Waals surface area contributed by atoms with Crippen LogP contribution in [0.2, 0.25) is 0 Å². The summed E-state index contributed by atoms with van der Waals surface area (Å²) in [5.41, 5.74) is 1.51. The molecular weight excluding hydrogens is 265 g/mol. The Balaban J connectivity index is 2.89. The van der Waals surface area contributed by atoms with Crippen molar-refractivity contribution in [2.75, 3.05) is 0 Å². The van der Waals surface area contributed by atoms with E-state index in [2.05, 4.69) is 21.1 Å². The molecule has 1 atom stereocenters. The zero-order chi connectivity index (χ0) is 10.6. The van der Waals surface area contributed by atoms with Gasteiger partial charge in [-0.15, -0.1) is 11.6 Å². The first-order valence-corrected chi connectivity index (χ1v) is 5.52. The quantitative estimate of drug-likeness (QED) is 0.385. The molecule has 1 unspecified atom stereocenters. The summed E-state index contributed by atoms with van der Waals surface area (Å²) in [6.45, 7) is 1.91. The number of rotatable bonds is 3. The fourth-order valence-corrected chi connectivity index (χ4v) is 1.73. The van der Waals surface area contributed by atoms with Gasteiger partial charge in [0.25, 0.3) is 0 Å². The molecule has 0 bridgehead atoms. The summed E-state index contributed by atoms with van der Waals surface area (Å²) >= 11 is 9.46. The Hall–Kier alpha value is -0.540. The van der Waals surface area contributed by atoms with Crippen LogP contribution in [0.4, 0.5) is 0 Å². The van der Waals surface area contributed by atoms with Crippen LogP contribution in [0.25, 0.3) is 0 Å². The summed E-state index contributed by atoms with van der Waals surface area (Å²) < 4.78 is 1.00. The maximum absolute atomic E-state index is 8.71. The lowest BCUT2D eigenvalue weighted by Gasteiger charge is -2.09. The predicted molar refractivity (Wildman–Crippen MR) is 62.2 cm³/mol. The van der Waals surface area contributed by atoms with Crippen LogP contribution in [0.15, 0.2) is 33.9 Å². The second-order valence-electron chi connectivity index (χ2n) is 2.86. The molecule has 1 aromatic rings. The second-order valence-corrected chi connectivity index (χ2v) is 4.21. The van der Waals surface area contributed by atoms with Gasteiger partial charge in [-0.25, -0.2) is 0 Å². The van der Waals surface area contributed by atoms with Crippen molar-refractivity contribution in [2.45, 2.75) is 18.7 Å². The van der Waals surface area contributed by atoms with E-state index in [9.17, 15) is 0 Å². The van der Waals surface area contributed by atoms with E-state index in [1.54, 1.807) is 0 Å². The van der Waals surface area contributed by atoms with Crippen molar-refractivity contribution in [1.29, 1.82) is 0 Å². The van der Waals surface area contributed by atoms with Crippen LogP contribution < -0.4 is 0 Å². The van der Waals surface area contributed by atoms with E-state index in [1.165, 1.54) is 0 Å². The minimum atomic E-state index is -0.349. The third-order valence-electron chi connectivity index (χ3n) is 1.95. The Bertz CT molecular complexity index is 323. The number of oxime groups is 1. The van der Waals surface area contributed by atoms with Crippen LogP contribution in [-0.2, 0) is 0 Å². The number of hydrogen-bond donors (Lipinski definition) is 1. The molecule has 2 nitrogen and oxygen atoms in total. The Morgan fingerprint density at radius 3 is 2.50 bits per heavy atom. The van der Waals surface area contributed by atoms with Gasteiger partial charge in [0.15, 0.2) is 0 Å². The summed E-state index contributed by atoms with van der Waals surface area (Å²) in [4.78, 5) is 0. The largest absolute Gasteiger partial charge is 0.411 e. The zero-order valence-electron chi connectivity index (χ0n) is 7.74. The number of alkyl halides is 1. The fraction of sp³-hybridized carbons (Fsp3) is 0.300. The number of benzene rings is 1. The lowest BCUT2D eigenvalue weighted by Crippen LogP contribution is -2.05. The minimum absolute atomic E-state index is 0.349. The highest BCUT2D eigenvalue weighted by molar-refractivity contribution is 9.10. The predicted octanol–water partition coefficient (Wildman–Crippen LogP) is 3.97. The molecular formula is C10H11BrClNO. The number of nitrogens with zero attached hydrogens (tertiary/aromatic N) is 1. The molecule has 76 valence electrons. The molecule has 0 amide bonds. The van der Waals surface area contributed by atoms with E-state index in [0.717, 1.165) is 10.0 Å². The van der Waals surface area contributed by atoms with Crippen LogP contribution in [0.5, 0.6) is 0 Å². The minimum Gasteiger partial charge on any atom is -0.411 e. The Kier molecular flexibility index (Phi) is 4.42. The molecule has 0 aliphatic carbocycles. The Morgan fingerprint density at radius 1 is 1.50 bits per heavy atom. The maximum Gasteiger partial charge on any atom is 0.100 e. The standard InChI is InChI=1S/C10H11BrClNO/c1-2-9(13-14)10(12)7-3-5-8(11)6-4-7/h3-6,10,14H,2H2,1H3. The van der Waals surface area contributed by atoms with Crippen LogP contribution in [0.3, 0.4) is 0 Å². The van der Waals surface area contributed by atoms with E-state index in [0.29, 0.717) is 12.1 Å². The Morgan fingerprint density at radius 2 is 2.07 bits per heavy atom. The average Bonchev–Trinajstić information content (AvgIpc) is 2.20. The molecule has 0 spiro atoms. The average molecular weight is 277 g/mol. The maximum atomic E-state index is 8.71. The van der Waals surface area contributed by atoms with Crippen LogP contribution in [0.1, 0.15) is 24.3 Å². The molecule has 4 heteroatoms. The van der Waals surface area contributed by atoms with Crippen molar-refractivity contribution >= 4 is 33.2 Å². The van der Waals surface area contributed by atoms with E-state index >= 15 is 0 Å². The molecule has 0 radical (unpaired) electrons. The van der Waals surface area contributed by atoms with Gasteiger partial charge >= 0.3 is 0 Å². The summed E-state index contributed by atoms with van der Waals surface area (Å²) in [6, 6.07) is 7.63. The Labute approximate surface area is 96.7 Å². The molecule has 0 saturated heterocycles. The number of halogens is 2. The van der Waals surface area contributed by atoms with Crippen LogP contribution in [-0.4, -0.2) is 10.9 Å². The lowest BCUT2D eigenvalue weighted by atomic mass is 10.1. The lowest BCUT2D eigenvalue weighted by molar-refractivity contribution is 0.316. The molecule has 1 rings (SSSR count). The normalized spacial score (nSPS) is 14.1. The molecule has 0 aliphatic rings. The first-order chi connectivity index (χ1) is 6.69.